The van der Waals surface area contributed by atoms with E-state index in [1.165, 1.54) is 0 Å². The van der Waals surface area contributed by atoms with Crippen LogP contribution in [0.2, 0.25) is 0 Å². The first kappa shape index (κ1) is 13.8. The summed E-state index contributed by atoms with van der Waals surface area (Å²) in [5, 5.41) is 13.7. The predicted octanol–water partition coefficient (Wildman–Crippen LogP) is 0.427. The van der Waals surface area contributed by atoms with Gasteiger partial charge >= 0.3 is 5.97 Å². The molecule has 2 atom stereocenters. The Hall–Kier alpha value is -1.24. The van der Waals surface area contributed by atoms with Crippen molar-refractivity contribution in [1.82, 2.24) is 10.6 Å². The third-order valence-electron chi connectivity index (χ3n) is 2.52. The van der Waals surface area contributed by atoms with Gasteiger partial charge in [-0.3, -0.25) is 14.4 Å². The summed E-state index contributed by atoms with van der Waals surface area (Å²) in [5.41, 5.74) is 0. The monoisotopic (exact) mass is 260 g/mol. The molecule has 1 aliphatic rings. The largest absolute Gasteiger partial charge is 0.481 e. The van der Waals surface area contributed by atoms with E-state index in [4.69, 9.17) is 5.11 Å². The summed E-state index contributed by atoms with van der Waals surface area (Å²) in [6, 6.07) is -0.968. The number of aliphatic carboxylic acids is 1. The zero-order valence-corrected chi connectivity index (χ0v) is 10.5. The zero-order valence-electron chi connectivity index (χ0n) is 9.73. The average Bonchev–Trinajstić information content (AvgIpc) is 2.63. The Morgan fingerprint density at radius 1 is 1.59 bits per heavy atom. The molecule has 2 amide bonds. The maximum absolute atomic E-state index is 11.8. The van der Waals surface area contributed by atoms with Crippen LogP contribution in [-0.4, -0.2) is 40.1 Å². The molecule has 17 heavy (non-hydrogen) atoms. The van der Waals surface area contributed by atoms with Gasteiger partial charge in [-0.2, -0.15) is 0 Å². The van der Waals surface area contributed by atoms with E-state index in [9.17, 15) is 14.4 Å². The molecule has 0 aromatic heterocycles. The van der Waals surface area contributed by atoms with Gasteiger partial charge in [0.1, 0.15) is 6.04 Å². The molecular formula is C10H16N2O4S. The predicted molar refractivity (Wildman–Crippen MR) is 63.8 cm³/mol. The molecule has 96 valence electrons. The molecule has 1 rings (SSSR count). The number of carboxylic acid groups (broad SMARTS) is 1. The van der Waals surface area contributed by atoms with E-state index in [0.717, 1.165) is 11.8 Å². The number of carboxylic acids is 1. The van der Waals surface area contributed by atoms with Crippen LogP contribution in [0.15, 0.2) is 0 Å². The number of rotatable bonds is 5. The van der Waals surface area contributed by atoms with Crippen molar-refractivity contribution < 1.29 is 19.5 Å². The molecular weight excluding hydrogens is 244 g/mol. The molecule has 1 fully saturated rings. The van der Waals surface area contributed by atoms with Crippen LogP contribution < -0.4 is 10.6 Å². The highest BCUT2D eigenvalue weighted by Gasteiger charge is 2.30. The van der Waals surface area contributed by atoms with Crippen molar-refractivity contribution >= 4 is 28.9 Å². The van der Waals surface area contributed by atoms with Crippen LogP contribution in [0.5, 0.6) is 0 Å². The third kappa shape index (κ3) is 4.26. The van der Waals surface area contributed by atoms with E-state index in [0.29, 0.717) is 5.75 Å². The SMILES string of the molecule is CC(C)C(CC(=O)O)NC(=O)C1CSC(=O)N1. The van der Waals surface area contributed by atoms with Gasteiger partial charge in [0.25, 0.3) is 5.24 Å². The molecule has 1 aliphatic heterocycles. The molecule has 0 spiro atoms. The van der Waals surface area contributed by atoms with E-state index in [2.05, 4.69) is 10.6 Å². The second-order valence-electron chi connectivity index (χ2n) is 4.25. The van der Waals surface area contributed by atoms with Gasteiger partial charge in [0, 0.05) is 11.8 Å². The lowest BCUT2D eigenvalue weighted by atomic mass is 10.0. The number of carbonyl (C=O) groups is 3. The lowest BCUT2D eigenvalue weighted by Gasteiger charge is -2.22. The van der Waals surface area contributed by atoms with Gasteiger partial charge in [-0.25, -0.2) is 0 Å². The van der Waals surface area contributed by atoms with Crippen molar-refractivity contribution in [2.24, 2.45) is 5.92 Å². The van der Waals surface area contributed by atoms with Crippen LogP contribution in [0, 0.1) is 5.92 Å². The lowest BCUT2D eigenvalue weighted by Crippen LogP contribution is -2.49. The normalized spacial score (nSPS) is 21.1. The van der Waals surface area contributed by atoms with Crippen LogP contribution in [0.25, 0.3) is 0 Å². The van der Waals surface area contributed by atoms with Crippen molar-refractivity contribution in [3.63, 3.8) is 0 Å². The van der Waals surface area contributed by atoms with Crippen LogP contribution in [0.4, 0.5) is 4.79 Å². The first-order chi connectivity index (χ1) is 7.90. The Morgan fingerprint density at radius 3 is 2.65 bits per heavy atom. The van der Waals surface area contributed by atoms with E-state index >= 15 is 0 Å². The van der Waals surface area contributed by atoms with Crippen LogP contribution in [0.1, 0.15) is 20.3 Å². The molecule has 1 heterocycles. The minimum atomic E-state index is -0.950. The summed E-state index contributed by atoms with van der Waals surface area (Å²) >= 11 is 1.06. The molecule has 0 aromatic carbocycles. The Bertz CT molecular complexity index is 332. The molecule has 3 N–H and O–H groups in total. The van der Waals surface area contributed by atoms with Gasteiger partial charge in [0.2, 0.25) is 5.91 Å². The number of carbonyl (C=O) groups excluding carboxylic acids is 2. The average molecular weight is 260 g/mol. The fraction of sp³-hybridized carbons (Fsp3) is 0.700. The maximum atomic E-state index is 11.8. The van der Waals surface area contributed by atoms with Gasteiger partial charge in [-0.05, 0) is 5.92 Å². The maximum Gasteiger partial charge on any atom is 0.305 e. The van der Waals surface area contributed by atoms with Crippen molar-refractivity contribution in [1.29, 1.82) is 0 Å². The minimum absolute atomic E-state index is 0.0276. The first-order valence-electron chi connectivity index (χ1n) is 5.35. The molecule has 0 radical (unpaired) electrons. The molecule has 1 saturated heterocycles. The Balaban J connectivity index is 2.52. The van der Waals surface area contributed by atoms with Gasteiger partial charge in [0.15, 0.2) is 0 Å². The quantitative estimate of drug-likeness (QED) is 0.666. The van der Waals surface area contributed by atoms with Gasteiger partial charge in [-0.15, -0.1) is 0 Å². The van der Waals surface area contributed by atoms with E-state index < -0.39 is 18.1 Å². The van der Waals surface area contributed by atoms with Gasteiger partial charge in [-0.1, -0.05) is 25.6 Å². The standard InChI is InChI=1S/C10H16N2O4S/c1-5(2)6(3-8(13)14)11-9(15)7-4-17-10(16)12-7/h5-7H,3-4H2,1-2H3,(H,11,15)(H,12,16)(H,13,14). The second-order valence-corrected chi connectivity index (χ2v) is 5.25. The van der Waals surface area contributed by atoms with Gasteiger partial charge < -0.3 is 15.7 Å². The highest BCUT2D eigenvalue weighted by atomic mass is 32.2. The number of nitrogens with one attached hydrogen (secondary N) is 2. The highest BCUT2D eigenvalue weighted by molar-refractivity contribution is 8.14. The molecule has 0 aliphatic carbocycles. The summed E-state index contributed by atoms with van der Waals surface area (Å²) in [6.07, 6.45) is -0.114. The van der Waals surface area contributed by atoms with E-state index in [1.54, 1.807) is 0 Å². The Morgan fingerprint density at radius 2 is 2.24 bits per heavy atom. The Kier molecular flexibility index (Phi) is 4.80. The van der Waals surface area contributed by atoms with E-state index in [1.807, 2.05) is 13.8 Å². The summed E-state index contributed by atoms with van der Waals surface area (Å²) in [7, 11) is 0. The minimum Gasteiger partial charge on any atom is -0.481 e. The number of amides is 2. The molecule has 0 saturated carbocycles. The van der Waals surface area contributed by atoms with Crippen LogP contribution in [0.3, 0.4) is 0 Å². The summed E-state index contributed by atoms with van der Waals surface area (Å²) in [5.74, 6) is -0.848. The first-order valence-corrected chi connectivity index (χ1v) is 6.34. The number of thioether (sulfide) groups is 1. The number of hydrogen-bond donors (Lipinski definition) is 3. The molecule has 2 unspecified atom stereocenters. The summed E-state index contributed by atoms with van der Waals surface area (Å²) in [4.78, 5) is 33.3. The van der Waals surface area contributed by atoms with Gasteiger partial charge in [0.05, 0.1) is 6.42 Å². The third-order valence-corrected chi connectivity index (χ3v) is 3.40. The molecule has 7 heteroatoms. The Labute approximate surface area is 104 Å². The lowest BCUT2D eigenvalue weighted by molar-refractivity contribution is -0.138. The molecule has 0 bridgehead atoms. The fourth-order valence-electron chi connectivity index (χ4n) is 1.45. The van der Waals surface area contributed by atoms with Crippen molar-refractivity contribution in [2.45, 2.75) is 32.4 Å². The topological polar surface area (TPSA) is 95.5 Å². The summed E-state index contributed by atoms with van der Waals surface area (Å²) < 4.78 is 0. The number of hydrogen-bond acceptors (Lipinski definition) is 4. The summed E-state index contributed by atoms with van der Waals surface area (Å²) in [6.45, 7) is 3.69. The van der Waals surface area contributed by atoms with Crippen molar-refractivity contribution in [2.75, 3.05) is 5.75 Å². The smallest absolute Gasteiger partial charge is 0.305 e. The highest BCUT2D eigenvalue weighted by Crippen LogP contribution is 2.14. The fourth-order valence-corrected chi connectivity index (χ4v) is 2.23. The molecule has 6 nitrogen and oxygen atoms in total. The van der Waals surface area contributed by atoms with Crippen molar-refractivity contribution in [3.8, 4) is 0 Å². The zero-order chi connectivity index (χ0) is 13.0. The molecule has 0 aromatic rings. The van der Waals surface area contributed by atoms with Crippen LogP contribution >= 0.6 is 11.8 Å². The van der Waals surface area contributed by atoms with Crippen molar-refractivity contribution in [3.05, 3.63) is 0 Å². The second kappa shape index (κ2) is 5.90. The van der Waals surface area contributed by atoms with Crippen LogP contribution in [-0.2, 0) is 9.59 Å². The van der Waals surface area contributed by atoms with E-state index in [-0.39, 0.29) is 23.5 Å².